The normalized spacial score (nSPS) is 32.1. The number of nitriles is 1. The van der Waals surface area contributed by atoms with Gasteiger partial charge in [-0.15, -0.1) is 0 Å². The van der Waals surface area contributed by atoms with Gasteiger partial charge in [-0.05, 0) is 182 Å². The van der Waals surface area contributed by atoms with Gasteiger partial charge in [0, 0.05) is 16.3 Å². The number of fused-ring (bicyclic) bond motifs is 3. The van der Waals surface area contributed by atoms with E-state index in [0.717, 1.165) is 41.1 Å². The van der Waals surface area contributed by atoms with Gasteiger partial charge in [-0.25, -0.2) is 0 Å². The maximum Gasteiger partial charge on any atom is 0.0991 e. The molecule has 8 aliphatic rings. The SMILES string of the molecule is N#Cc1ccc(-n2c3ccccc3c3c(-c4ccccc4)cccc32)c(-c2cc(C34CC5CC(CC(C5)C3)C4)cc(C34CC5CC(CC(C5)C3)C4)c2)c1. The number of hydrogen-bond donors (Lipinski definition) is 0. The van der Waals surface area contributed by atoms with E-state index in [9.17, 15) is 5.26 Å². The third-order valence-electron chi connectivity index (χ3n) is 15.7. The summed E-state index contributed by atoms with van der Waals surface area (Å²) in [5.74, 6) is 5.43. The molecule has 0 N–H and O–H groups in total. The summed E-state index contributed by atoms with van der Waals surface area (Å²) >= 11 is 0. The molecule has 262 valence electrons. The van der Waals surface area contributed by atoms with Gasteiger partial charge in [-0.1, -0.05) is 78.9 Å². The molecule has 53 heavy (non-hydrogen) atoms. The van der Waals surface area contributed by atoms with Crippen molar-refractivity contribution < 1.29 is 0 Å². The van der Waals surface area contributed by atoms with E-state index in [0.29, 0.717) is 10.8 Å². The molecule has 0 saturated heterocycles. The third kappa shape index (κ3) is 4.62. The van der Waals surface area contributed by atoms with Crippen molar-refractivity contribution in [1.29, 1.82) is 5.26 Å². The second-order valence-corrected chi connectivity index (χ2v) is 19.0. The molecule has 0 unspecified atom stereocenters. The minimum Gasteiger partial charge on any atom is -0.309 e. The molecule has 1 aromatic heterocycles. The summed E-state index contributed by atoms with van der Waals surface area (Å²) in [6, 6.07) is 43.7. The van der Waals surface area contributed by atoms with Crippen molar-refractivity contribution in [2.45, 2.75) is 87.9 Å². The fourth-order valence-corrected chi connectivity index (χ4v) is 14.5. The number of para-hydroxylation sites is 1. The first-order valence-electron chi connectivity index (χ1n) is 20.8. The van der Waals surface area contributed by atoms with E-state index in [1.54, 1.807) is 11.1 Å². The lowest BCUT2D eigenvalue weighted by Crippen LogP contribution is -2.50. The van der Waals surface area contributed by atoms with Gasteiger partial charge in [0.2, 0.25) is 0 Å². The summed E-state index contributed by atoms with van der Waals surface area (Å²) < 4.78 is 2.51. The molecule has 14 rings (SSSR count). The van der Waals surface area contributed by atoms with Crippen molar-refractivity contribution in [3.05, 3.63) is 126 Å². The molecule has 0 spiro atoms. The minimum atomic E-state index is 0.312. The molecule has 2 heteroatoms. The fourth-order valence-electron chi connectivity index (χ4n) is 14.5. The van der Waals surface area contributed by atoms with Crippen LogP contribution in [0.1, 0.15) is 93.7 Å². The highest BCUT2D eigenvalue weighted by atomic mass is 15.0. The first-order valence-corrected chi connectivity index (χ1v) is 20.8. The van der Waals surface area contributed by atoms with Gasteiger partial charge in [-0.2, -0.15) is 5.26 Å². The van der Waals surface area contributed by atoms with Gasteiger partial charge in [0.25, 0.3) is 0 Å². The van der Waals surface area contributed by atoms with E-state index < -0.39 is 0 Å². The van der Waals surface area contributed by atoms with Crippen LogP contribution in [0, 0.1) is 46.8 Å². The zero-order chi connectivity index (χ0) is 34.9. The van der Waals surface area contributed by atoms with Gasteiger partial charge in [0.15, 0.2) is 0 Å². The standard InChI is InChI=1S/C51H48N2/c52-31-32-13-14-47(53-46-11-5-4-9-44(46)49-43(10-6-12-48(49)53)39-7-2-1-3-8-39)45(21-32)40-22-41(50-25-33-15-34(26-50)17-35(16-33)27-50)24-42(23-40)51-28-36-18-37(29-51)20-38(19-36)30-51/h1-14,21-24,33-38H,15-20,25-30H2. The van der Waals surface area contributed by atoms with E-state index in [2.05, 4.69) is 114 Å². The highest BCUT2D eigenvalue weighted by Gasteiger charge is 2.54. The van der Waals surface area contributed by atoms with Gasteiger partial charge in [-0.3, -0.25) is 0 Å². The molecule has 8 saturated carbocycles. The smallest absolute Gasteiger partial charge is 0.0991 e. The molecule has 0 amide bonds. The van der Waals surface area contributed by atoms with Crippen molar-refractivity contribution in [2.75, 3.05) is 0 Å². The Kier molecular flexibility index (Phi) is 6.52. The number of nitrogens with zero attached hydrogens (tertiary/aromatic N) is 2. The van der Waals surface area contributed by atoms with Crippen LogP contribution < -0.4 is 0 Å². The van der Waals surface area contributed by atoms with Crippen LogP contribution in [0.4, 0.5) is 0 Å². The van der Waals surface area contributed by atoms with Crippen molar-refractivity contribution >= 4 is 21.8 Å². The molecule has 8 fully saturated rings. The van der Waals surface area contributed by atoms with Crippen LogP contribution in [0.25, 0.3) is 49.7 Å². The second kappa shape index (κ2) is 11.2. The Morgan fingerprint density at radius 3 is 1.62 bits per heavy atom. The van der Waals surface area contributed by atoms with Crippen LogP contribution in [0.2, 0.25) is 0 Å². The zero-order valence-electron chi connectivity index (χ0n) is 30.7. The van der Waals surface area contributed by atoms with Gasteiger partial charge in [0.1, 0.15) is 0 Å². The zero-order valence-corrected chi connectivity index (χ0v) is 30.7. The summed E-state index contributed by atoms with van der Waals surface area (Å²) in [6.45, 7) is 0. The van der Waals surface area contributed by atoms with Crippen LogP contribution in [0.3, 0.4) is 0 Å². The molecule has 0 aliphatic heterocycles. The van der Waals surface area contributed by atoms with Crippen LogP contribution in [-0.4, -0.2) is 4.57 Å². The van der Waals surface area contributed by atoms with Crippen LogP contribution in [-0.2, 0) is 10.8 Å². The molecule has 5 aromatic carbocycles. The number of benzene rings is 5. The fraction of sp³-hybridized carbons (Fsp3) is 0.392. The molecule has 6 aromatic rings. The Bertz CT molecular complexity index is 2360. The minimum absolute atomic E-state index is 0.312. The maximum absolute atomic E-state index is 10.4. The molecule has 8 bridgehead atoms. The summed E-state index contributed by atoms with van der Waals surface area (Å²) in [5, 5.41) is 13.0. The summed E-state index contributed by atoms with van der Waals surface area (Å²) in [6.07, 6.45) is 17.1. The molecular formula is C51H48N2. The molecule has 0 atom stereocenters. The lowest BCUT2D eigenvalue weighted by molar-refractivity contribution is -0.00832. The van der Waals surface area contributed by atoms with Crippen molar-refractivity contribution in [3.63, 3.8) is 0 Å². The summed E-state index contributed by atoms with van der Waals surface area (Å²) in [7, 11) is 0. The number of aromatic nitrogens is 1. The monoisotopic (exact) mass is 688 g/mol. The average Bonchev–Trinajstić information content (AvgIpc) is 3.51. The molecular weight excluding hydrogens is 641 g/mol. The maximum atomic E-state index is 10.4. The van der Waals surface area contributed by atoms with Crippen molar-refractivity contribution in [2.24, 2.45) is 35.5 Å². The quantitative estimate of drug-likeness (QED) is 0.177. The van der Waals surface area contributed by atoms with Crippen LogP contribution in [0.15, 0.2) is 109 Å². The summed E-state index contributed by atoms with van der Waals surface area (Å²) in [4.78, 5) is 0. The Hall–Kier alpha value is -4.61. The highest BCUT2D eigenvalue weighted by Crippen LogP contribution is 2.64. The highest BCUT2D eigenvalue weighted by molar-refractivity contribution is 6.16. The van der Waals surface area contributed by atoms with Gasteiger partial charge >= 0.3 is 0 Å². The Labute approximate surface area is 313 Å². The first-order chi connectivity index (χ1) is 26.0. The van der Waals surface area contributed by atoms with Crippen molar-refractivity contribution in [1.82, 2.24) is 4.57 Å². The van der Waals surface area contributed by atoms with Crippen LogP contribution >= 0.6 is 0 Å². The van der Waals surface area contributed by atoms with Gasteiger partial charge < -0.3 is 4.57 Å². The van der Waals surface area contributed by atoms with Crippen LogP contribution in [0.5, 0.6) is 0 Å². The molecule has 0 radical (unpaired) electrons. The topological polar surface area (TPSA) is 28.7 Å². The molecule has 1 heterocycles. The second-order valence-electron chi connectivity index (χ2n) is 19.0. The Morgan fingerprint density at radius 2 is 1.04 bits per heavy atom. The largest absolute Gasteiger partial charge is 0.309 e. The van der Waals surface area contributed by atoms with Crippen molar-refractivity contribution in [3.8, 4) is 34.0 Å². The predicted molar refractivity (Wildman–Crippen MR) is 216 cm³/mol. The Morgan fingerprint density at radius 1 is 0.491 bits per heavy atom. The lowest BCUT2D eigenvalue weighted by atomic mass is 9.46. The van der Waals surface area contributed by atoms with Gasteiger partial charge in [0.05, 0.1) is 28.4 Å². The van der Waals surface area contributed by atoms with E-state index >= 15 is 0 Å². The summed E-state index contributed by atoms with van der Waals surface area (Å²) in [5.41, 5.74) is 13.3. The Balaban J connectivity index is 1.11. The van der Waals surface area contributed by atoms with E-state index in [4.69, 9.17) is 0 Å². The lowest BCUT2D eigenvalue weighted by Gasteiger charge is -2.58. The molecule has 8 aliphatic carbocycles. The molecule has 2 nitrogen and oxygen atoms in total. The third-order valence-corrected chi connectivity index (χ3v) is 15.7. The number of hydrogen-bond acceptors (Lipinski definition) is 1. The first kappa shape index (κ1) is 30.8. The number of rotatable bonds is 5. The van der Waals surface area contributed by atoms with E-state index in [1.807, 2.05) is 6.07 Å². The van der Waals surface area contributed by atoms with E-state index in [1.165, 1.54) is 127 Å². The van der Waals surface area contributed by atoms with E-state index in [-0.39, 0.29) is 0 Å². The predicted octanol–water partition coefficient (Wildman–Crippen LogP) is 12.9. The average molecular weight is 689 g/mol.